The van der Waals surface area contributed by atoms with E-state index in [4.69, 9.17) is 5.11 Å². The van der Waals surface area contributed by atoms with Crippen LogP contribution in [0.3, 0.4) is 0 Å². The third-order valence-corrected chi connectivity index (χ3v) is 3.02. The molecule has 0 spiro atoms. The number of hydrogen-bond donors (Lipinski definition) is 2. The Morgan fingerprint density at radius 3 is 2.59 bits per heavy atom. The zero-order chi connectivity index (χ0) is 12.5. The predicted molar refractivity (Wildman–Crippen MR) is 55.3 cm³/mol. The Labute approximate surface area is 97.4 Å². The van der Waals surface area contributed by atoms with Crippen molar-refractivity contribution < 1.29 is 15.0 Å². The summed E-state index contributed by atoms with van der Waals surface area (Å²) >= 11 is 0. The van der Waals surface area contributed by atoms with Crippen molar-refractivity contribution in [3.63, 3.8) is 0 Å². The third-order valence-electron chi connectivity index (χ3n) is 3.02. The van der Waals surface area contributed by atoms with Gasteiger partial charge in [0.15, 0.2) is 0 Å². The smallest absolute Gasteiger partial charge is 0.407 e. The molecule has 0 aliphatic carbocycles. The van der Waals surface area contributed by atoms with Crippen LogP contribution in [0.4, 0.5) is 4.79 Å². The van der Waals surface area contributed by atoms with E-state index in [0.29, 0.717) is 13.1 Å². The van der Waals surface area contributed by atoms with E-state index in [1.807, 2.05) is 4.90 Å². The number of amides is 1. The molecule has 1 fully saturated rings. The van der Waals surface area contributed by atoms with Gasteiger partial charge in [0, 0.05) is 19.6 Å². The largest absolute Gasteiger partial charge is 0.465 e. The van der Waals surface area contributed by atoms with E-state index in [-0.39, 0.29) is 19.2 Å². The molecule has 94 valence electrons. The van der Waals surface area contributed by atoms with Gasteiger partial charge in [-0.3, -0.25) is 0 Å². The number of aliphatic hydroxyl groups excluding tert-OH is 1. The van der Waals surface area contributed by atoms with Crippen LogP contribution in [0.5, 0.6) is 0 Å². The van der Waals surface area contributed by atoms with Gasteiger partial charge in [0.25, 0.3) is 0 Å². The molecule has 1 saturated heterocycles. The summed E-state index contributed by atoms with van der Waals surface area (Å²) < 4.78 is 0. The molecule has 2 aliphatic rings. The fourth-order valence-corrected chi connectivity index (χ4v) is 2.09. The summed E-state index contributed by atoms with van der Waals surface area (Å²) in [5.41, 5.74) is 0. The van der Waals surface area contributed by atoms with Crippen molar-refractivity contribution in [1.29, 1.82) is 0 Å². The lowest BCUT2D eigenvalue weighted by Crippen LogP contribution is -2.61. The Bertz CT molecular complexity index is 358. The summed E-state index contributed by atoms with van der Waals surface area (Å²) in [5, 5.41) is 33.0. The molecule has 1 atom stereocenters. The molecule has 0 unspecified atom stereocenters. The number of hydrogen-bond acceptors (Lipinski definition) is 7. The van der Waals surface area contributed by atoms with Crippen LogP contribution in [0.25, 0.3) is 0 Å². The molecule has 0 aromatic heterocycles. The SMILES string of the molecule is CC1(N2CCN(C(=O)O)C[C@H]2CO)N=NN=N1. The lowest BCUT2D eigenvalue weighted by Gasteiger charge is -2.43. The minimum atomic E-state index is -0.983. The molecule has 2 rings (SSSR count). The molecule has 2 N–H and O–H groups in total. The van der Waals surface area contributed by atoms with Crippen LogP contribution < -0.4 is 0 Å². The maximum absolute atomic E-state index is 10.9. The fourth-order valence-electron chi connectivity index (χ4n) is 2.09. The number of carboxylic acid groups (broad SMARTS) is 1. The molecule has 0 aromatic rings. The van der Waals surface area contributed by atoms with Gasteiger partial charge in [0.1, 0.15) is 0 Å². The summed E-state index contributed by atoms with van der Waals surface area (Å²) in [6, 6.07) is -0.346. The second-order valence-electron chi connectivity index (χ2n) is 4.11. The Kier molecular flexibility index (Phi) is 3.03. The van der Waals surface area contributed by atoms with Crippen LogP contribution in [0.15, 0.2) is 20.7 Å². The molecule has 0 bridgehead atoms. The van der Waals surface area contributed by atoms with E-state index >= 15 is 0 Å². The molecular weight excluding hydrogens is 228 g/mol. The highest BCUT2D eigenvalue weighted by atomic mass is 16.4. The van der Waals surface area contributed by atoms with Crippen molar-refractivity contribution in [2.45, 2.75) is 18.8 Å². The highest BCUT2D eigenvalue weighted by Crippen LogP contribution is 2.28. The van der Waals surface area contributed by atoms with Crippen molar-refractivity contribution >= 4 is 6.09 Å². The summed E-state index contributed by atoms with van der Waals surface area (Å²) in [6.45, 7) is 2.58. The van der Waals surface area contributed by atoms with E-state index in [0.717, 1.165) is 0 Å². The van der Waals surface area contributed by atoms with Gasteiger partial charge in [-0.1, -0.05) is 0 Å². The highest BCUT2D eigenvalue weighted by molar-refractivity contribution is 5.65. The predicted octanol–water partition coefficient (Wildman–Crippen LogP) is 0.150. The van der Waals surface area contributed by atoms with Crippen molar-refractivity contribution in [2.75, 3.05) is 26.2 Å². The summed E-state index contributed by atoms with van der Waals surface area (Å²) in [7, 11) is 0. The average molecular weight is 242 g/mol. The molecule has 9 heteroatoms. The Morgan fingerprint density at radius 2 is 2.06 bits per heavy atom. The van der Waals surface area contributed by atoms with Gasteiger partial charge < -0.3 is 15.1 Å². The van der Waals surface area contributed by atoms with Crippen molar-refractivity contribution in [3.8, 4) is 0 Å². The van der Waals surface area contributed by atoms with Gasteiger partial charge in [0.05, 0.1) is 12.6 Å². The molecular formula is C8H14N6O3. The van der Waals surface area contributed by atoms with Crippen LogP contribution in [-0.4, -0.2) is 64.2 Å². The van der Waals surface area contributed by atoms with Gasteiger partial charge in [-0.25, -0.2) is 9.69 Å². The molecule has 1 amide bonds. The first-order valence-corrected chi connectivity index (χ1v) is 5.26. The lowest BCUT2D eigenvalue weighted by atomic mass is 10.1. The monoisotopic (exact) mass is 242 g/mol. The van der Waals surface area contributed by atoms with Crippen molar-refractivity contribution in [1.82, 2.24) is 9.80 Å². The Hall–Kier alpha value is -1.61. The third kappa shape index (κ3) is 2.11. The lowest BCUT2D eigenvalue weighted by molar-refractivity contribution is -0.0177. The number of rotatable bonds is 2. The number of piperazine rings is 1. The van der Waals surface area contributed by atoms with Crippen LogP contribution in [-0.2, 0) is 0 Å². The summed E-state index contributed by atoms with van der Waals surface area (Å²) in [4.78, 5) is 13.9. The maximum Gasteiger partial charge on any atom is 0.407 e. The number of nitrogens with zero attached hydrogens (tertiary/aromatic N) is 6. The zero-order valence-electron chi connectivity index (χ0n) is 9.39. The average Bonchev–Trinajstić information content (AvgIpc) is 2.76. The Balaban J connectivity index is 2.12. The summed E-state index contributed by atoms with van der Waals surface area (Å²) in [5.74, 6) is -0.919. The Morgan fingerprint density at radius 1 is 1.41 bits per heavy atom. The van der Waals surface area contributed by atoms with Gasteiger partial charge in [-0.05, 0) is 17.4 Å². The topological polar surface area (TPSA) is 113 Å². The van der Waals surface area contributed by atoms with Gasteiger partial charge in [-0.15, -0.1) is 10.2 Å². The number of aliphatic hydroxyl groups is 1. The second kappa shape index (κ2) is 4.34. The van der Waals surface area contributed by atoms with Crippen molar-refractivity contribution in [3.05, 3.63) is 0 Å². The van der Waals surface area contributed by atoms with Gasteiger partial charge >= 0.3 is 6.09 Å². The van der Waals surface area contributed by atoms with Gasteiger partial charge in [-0.2, -0.15) is 0 Å². The standard InChI is InChI=1S/C8H14N6O3/c1-8(9-11-12-10-8)14-3-2-13(7(16)17)4-6(14)5-15/h6,15H,2-5H2,1H3,(H,16,17)/t6-/m0/s1. The normalized spacial score (nSPS) is 27.6. The molecule has 0 aromatic carbocycles. The van der Waals surface area contributed by atoms with E-state index < -0.39 is 11.9 Å². The van der Waals surface area contributed by atoms with Crippen LogP contribution >= 0.6 is 0 Å². The van der Waals surface area contributed by atoms with E-state index in [9.17, 15) is 9.90 Å². The van der Waals surface area contributed by atoms with Crippen LogP contribution in [0.2, 0.25) is 0 Å². The van der Waals surface area contributed by atoms with E-state index in [1.54, 1.807) is 6.92 Å². The quantitative estimate of drug-likeness (QED) is 0.717. The van der Waals surface area contributed by atoms with Crippen LogP contribution in [0, 0.1) is 0 Å². The minimum Gasteiger partial charge on any atom is -0.465 e. The second-order valence-corrected chi connectivity index (χ2v) is 4.11. The molecule has 0 saturated carbocycles. The first-order chi connectivity index (χ1) is 8.07. The van der Waals surface area contributed by atoms with E-state index in [2.05, 4.69) is 20.7 Å². The first kappa shape index (κ1) is 11.9. The molecule has 2 heterocycles. The summed E-state index contributed by atoms with van der Waals surface area (Å²) in [6.07, 6.45) is -0.983. The minimum absolute atomic E-state index is 0.162. The molecule has 17 heavy (non-hydrogen) atoms. The first-order valence-electron chi connectivity index (χ1n) is 5.26. The highest BCUT2D eigenvalue weighted by Gasteiger charge is 2.42. The van der Waals surface area contributed by atoms with Crippen LogP contribution in [0.1, 0.15) is 6.92 Å². The van der Waals surface area contributed by atoms with Gasteiger partial charge in [0.2, 0.25) is 5.79 Å². The maximum atomic E-state index is 10.9. The van der Waals surface area contributed by atoms with E-state index in [1.165, 1.54) is 4.90 Å². The fraction of sp³-hybridized carbons (Fsp3) is 0.875. The van der Waals surface area contributed by atoms with Crippen molar-refractivity contribution in [2.24, 2.45) is 20.7 Å². The molecule has 9 nitrogen and oxygen atoms in total. The molecule has 0 radical (unpaired) electrons. The number of carbonyl (C=O) groups is 1. The molecule has 2 aliphatic heterocycles. The zero-order valence-corrected chi connectivity index (χ0v) is 9.39.